The first-order chi connectivity index (χ1) is 12.2. The van der Waals surface area contributed by atoms with Crippen LogP contribution in [-0.2, 0) is 4.79 Å². The van der Waals surface area contributed by atoms with E-state index in [1.165, 1.54) is 11.8 Å². The third-order valence-corrected chi connectivity index (χ3v) is 5.16. The van der Waals surface area contributed by atoms with Gasteiger partial charge < -0.3 is 5.11 Å². The molecule has 0 saturated carbocycles. The molecule has 2 atom stereocenters. The smallest absolute Gasteiger partial charge is 0.204 e. The maximum absolute atomic E-state index is 13.0. The largest absolute Gasteiger partial charge is 0.387 e. The molecule has 0 unspecified atom stereocenters. The maximum Gasteiger partial charge on any atom is 0.204 e. The van der Waals surface area contributed by atoms with Crippen LogP contribution in [0.25, 0.3) is 0 Å². The Morgan fingerprint density at radius 2 is 1.40 bits per heavy atom. The molecule has 0 radical (unpaired) electrons. The van der Waals surface area contributed by atoms with Gasteiger partial charge in [-0.1, -0.05) is 84.6 Å². The van der Waals surface area contributed by atoms with Crippen molar-refractivity contribution in [1.82, 2.24) is 0 Å². The number of aliphatic hydroxyl groups excluding tert-OH is 1. The predicted octanol–water partition coefficient (Wildman–Crippen LogP) is 5.13. The Labute approximate surface area is 152 Å². The molecule has 0 bridgehead atoms. The molecule has 126 valence electrons. The normalized spacial score (nSPS) is 13.2. The minimum atomic E-state index is -0.882. The second-order valence-electron chi connectivity index (χ2n) is 5.92. The molecule has 3 aromatic carbocycles. The highest BCUT2D eigenvalue weighted by molar-refractivity contribution is 8.13. The average molecular weight is 348 g/mol. The molecule has 0 spiro atoms. The summed E-state index contributed by atoms with van der Waals surface area (Å²) >= 11 is 1.18. The summed E-state index contributed by atoms with van der Waals surface area (Å²) in [5.41, 5.74) is 2.60. The lowest BCUT2D eigenvalue weighted by Crippen LogP contribution is -2.19. The van der Waals surface area contributed by atoms with E-state index in [4.69, 9.17) is 0 Å². The minimum absolute atomic E-state index is 0.0619. The Kier molecular flexibility index (Phi) is 5.69. The van der Waals surface area contributed by atoms with E-state index in [-0.39, 0.29) is 5.12 Å². The molecule has 0 saturated heterocycles. The van der Waals surface area contributed by atoms with E-state index >= 15 is 0 Å². The number of benzene rings is 3. The zero-order chi connectivity index (χ0) is 17.6. The van der Waals surface area contributed by atoms with Gasteiger partial charge in [0, 0.05) is 4.90 Å². The summed E-state index contributed by atoms with van der Waals surface area (Å²) in [5.74, 6) is -0.618. The molecule has 3 aromatic rings. The van der Waals surface area contributed by atoms with Crippen molar-refractivity contribution in [2.75, 3.05) is 0 Å². The Morgan fingerprint density at radius 1 is 0.840 bits per heavy atom. The number of hydrogen-bond acceptors (Lipinski definition) is 3. The fourth-order valence-electron chi connectivity index (χ4n) is 2.87. The molecule has 0 aliphatic carbocycles. The standard InChI is InChI=1S/C22H20O2S/c1-16-10-8-9-15-19(16)21(23)20(17-11-4-2-5-12-17)22(24)25-18-13-6-3-7-14-18/h2-15,20-21,23H,1H3/t20-,21+/m0/s1. The van der Waals surface area contributed by atoms with Gasteiger partial charge in [-0.2, -0.15) is 0 Å². The number of carbonyl (C=O) groups is 1. The highest BCUT2D eigenvalue weighted by Crippen LogP contribution is 2.38. The molecule has 1 N–H and O–H groups in total. The van der Waals surface area contributed by atoms with Gasteiger partial charge >= 0.3 is 0 Å². The second-order valence-corrected chi connectivity index (χ2v) is 7.00. The summed E-state index contributed by atoms with van der Waals surface area (Å²) in [6.45, 7) is 1.95. The molecule has 25 heavy (non-hydrogen) atoms. The fourth-order valence-corrected chi connectivity index (χ4v) is 3.79. The highest BCUT2D eigenvalue weighted by atomic mass is 32.2. The van der Waals surface area contributed by atoms with Crippen LogP contribution >= 0.6 is 11.8 Å². The third kappa shape index (κ3) is 4.19. The Balaban J connectivity index is 1.95. The molecule has 0 heterocycles. The average Bonchev–Trinajstić information content (AvgIpc) is 2.64. The van der Waals surface area contributed by atoms with Crippen molar-refractivity contribution in [2.45, 2.75) is 23.8 Å². The molecular formula is C22H20O2S. The van der Waals surface area contributed by atoms with E-state index in [1.54, 1.807) is 0 Å². The number of aryl methyl sites for hydroxylation is 1. The minimum Gasteiger partial charge on any atom is -0.387 e. The van der Waals surface area contributed by atoms with E-state index in [9.17, 15) is 9.90 Å². The number of thioether (sulfide) groups is 1. The quantitative estimate of drug-likeness (QED) is 0.649. The van der Waals surface area contributed by atoms with Crippen LogP contribution in [0.2, 0.25) is 0 Å². The number of aliphatic hydroxyl groups is 1. The van der Waals surface area contributed by atoms with E-state index in [1.807, 2.05) is 91.9 Å². The van der Waals surface area contributed by atoms with Crippen molar-refractivity contribution in [3.8, 4) is 0 Å². The Hall–Kier alpha value is -2.36. The van der Waals surface area contributed by atoms with Crippen LogP contribution in [0.4, 0.5) is 0 Å². The van der Waals surface area contributed by atoms with E-state index in [0.717, 1.165) is 21.6 Å². The zero-order valence-electron chi connectivity index (χ0n) is 14.0. The zero-order valence-corrected chi connectivity index (χ0v) is 14.8. The first-order valence-corrected chi connectivity index (χ1v) is 9.04. The van der Waals surface area contributed by atoms with Crippen LogP contribution in [0.3, 0.4) is 0 Å². The predicted molar refractivity (Wildman–Crippen MR) is 103 cm³/mol. The highest BCUT2D eigenvalue weighted by Gasteiger charge is 2.31. The molecule has 0 aliphatic rings. The lowest BCUT2D eigenvalue weighted by atomic mass is 9.88. The van der Waals surface area contributed by atoms with Gasteiger partial charge in [-0.05, 0) is 35.7 Å². The van der Waals surface area contributed by atoms with Gasteiger partial charge in [0.25, 0.3) is 0 Å². The molecular weight excluding hydrogens is 328 g/mol. The van der Waals surface area contributed by atoms with Crippen LogP contribution < -0.4 is 0 Å². The second kappa shape index (κ2) is 8.15. The van der Waals surface area contributed by atoms with Crippen molar-refractivity contribution in [3.63, 3.8) is 0 Å². The van der Waals surface area contributed by atoms with Crippen LogP contribution in [0, 0.1) is 6.92 Å². The van der Waals surface area contributed by atoms with Gasteiger partial charge in [0.15, 0.2) is 0 Å². The third-order valence-electron chi connectivity index (χ3n) is 4.20. The van der Waals surface area contributed by atoms with Gasteiger partial charge in [0.2, 0.25) is 5.12 Å². The molecule has 0 fully saturated rings. The number of hydrogen-bond donors (Lipinski definition) is 1. The Bertz CT molecular complexity index is 831. The topological polar surface area (TPSA) is 37.3 Å². The summed E-state index contributed by atoms with van der Waals surface area (Å²) < 4.78 is 0. The van der Waals surface area contributed by atoms with E-state index in [0.29, 0.717) is 0 Å². The molecule has 3 rings (SSSR count). The van der Waals surface area contributed by atoms with Crippen LogP contribution in [0.15, 0.2) is 89.8 Å². The van der Waals surface area contributed by atoms with Gasteiger partial charge in [-0.25, -0.2) is 0 Å². The SMILES string of the molecule is Cc1ccccc1[C@@H](O)[C@@H](C(=O)Sc1ccccc1)c1ccccc1. The van der Waals surface area contributed by atoms with E-state index < -0.39 is 12.0 Å². The van der Waals surface area contributed by atoms with Crippen molar-refractivity contribution in [3.05, 3.63) is 102 Å². The van der Waals surface area contributed by atoms with Crippen molar-refractivity contribution < 1.29 is 9.90 Å². The first kappa shape index (κ1) is 17.5. The molecule has 0 aliphatic heterocycles. The number of rotatable bonds is 5. The first-order valence-electron chi connectivity index (χ1n) is 8.22. The summed E-state index contributed by atoms with van der Waals surface area (Å²) in [6.07, 6.45) is -0.882. The van der Waals surface area contributed by atoms with Crippen molar-refractivity contribution in [2.24, 2.45) is 0 Å². The molecule has 2 nitrogen and oxygen atoms in total. The summed E-state index contributed by atoms with van der Waals surface area (Å²) in [6, 6.07) is 26.7. The maximum atomic E-state index is 13.0. The van der Waals surface area contributed by atoms with Crippen LogP contribution in [0.1, 0.15) is 28.7 Å². The number of carbonyl (C=O) groups excluding carboxylic acids is 1. The van der Waals surface area contributed by atoms with Crippen LogP contribution in [0.5, 0.6) is 0 Å². The van der Waals surface area contributed by atoms with Gasteiger partial charge in [-0.3, -0.25) is 4.79 Å². The molecule has 0 aromatic heterocycles. The van der Waals surface area contributed by atoms with Crippen LogP contribution in [-0.4, -0.2) is 10.2 Å². The fraction of sp³-hybridized carbons (Fsp3) is 0.136. The van der Waals surface area contributed by atoms with Gasteiger partial charge in [-0.15, -0.1) is 0 Å². The summed E-state index contributed by atoms with van der Waals surface area (Å²) in [4.78, 5) is 13.9. The monoisotopic (exact) mass is 348 g/mol. The summed E-state index contributed by atoms with van der Waals surface area (Å²) in [7, 11) is 0. The lowest BCUT2D eigenvalue weighted by Gasteiger charge is -2.23. The molecule has 0 amide bonds. The molecule has 3 heteroatoms. The summed E-state index contributed by atoms with van der Waals surface area (Å²) in [5, 5.41) is 11.0. The van der Waals surface area contributed by atoms with Crippen molar-refractivity contribution in [1.29, 1.82) is 0 Å². The van der Waals surface area contributed by atoms with Gasteiger partial charge in [0.1, 0.15) is 0 Å². The lowest BCUT2D eigenvalue weighted by molar-refractivity contribution is -0.114. The van der Waals surface area contributed by atoms with Crippen molar-refractivity contribution >= 4 is 16.9 Å². The van der Waals surface area contributed by atoms with Gasteiger partial charge in [0.05, 0.1) is 12.0 Å². The Morgan fingerprint density at radius 3 is 2.04 bits per heavy atom. The van der Waals surface area contributed by atoms with E-state index in [2.05, 4.69) is 0 Å².